The maximum absolute atomic E-state index is 13.0. The number of nitrogens with one attached hydrogen (secondary N) is 2. The second-order valence-electron chi connectivity index (χ2n) is 5.96. The fraction of sp³-hybridized carbons (Fsp3) is 0.294. The zero-order valence-corrected chi connectivity index (χ0v) is 16.0. The van der Waals surface area contributed by atoms with Crippen LogP contribution < -0.4 is 10.6 Å². The molecule has 3 rings (SSSR count). The van der Waals surface area contributed by atoms with Crippen molar-refractivity contribution >= 4 is 44.6 Å². The molecule has 138 valence electrons. The lowest BCUT2D eigenvalue weighted by Crippen LogP contribution is -2.42. The van der Waals surface area contributed by atoms with Crippen LogP contribution in [0.1, 0.15) is 23.0 Å². The number of amides is 2. The summed E-state index contributed by atoms with van der Waals surface area (Å²) >= 11 is 7.11. The molecular weight excluding hydrogens is 396 g/mol. The second-order valence-corrected chi connectivity index (χ2v) is 9.51. The molecule has 1 aromatic carbocycles. The molecule has 1 aliphatic carbocycles. The van der Waals surface area contributed by atoms with Crippen LogP contribution in [0, 0.1) is 0 Å². The Labute approximate surface area is 160 Å². The van der Waals surface area contributed by atoms with Crippen LogP contribution in [-0.4, -0.2) is 32.8 Å². The van der Waals surface area contributed by atoms with E-state index in [1.165, 1.54) is 35.6 Å². The van der Waals surface area contributed by atoms with Gasteiger partial charge in [-0.15, -0.1) is 11.3 Å². The fourth-order valence-electron chi connectivity index (χ4n) is 2.37. The van der Waals surface area contributed by atoms with E-state index in [-0.39, 0.29) is 17.5 Å². The molecule has 1 heterocycles. The molecular formula is C17H17ClN2O4S2. The predicted octanol–water partition coefficient (Wildman–Crippen LogP) is 2.31. The molecule has 1 atom stereocenters. The van der Waals surface area contributed by atoms with E-state index in [9.17, 15) is 18.0 Å². The Morgan fingerprint density at radius 1 is 1.15 bits per heavy atom. The van der Waals surface area contributed by atoms with Gasteiger partial charge in [-0.3, -0.25) is 9.59 Å². The van der Waals surface area contributed by atoms with Crippen molar-refractivity contribution in [2.24, 2.45) is 0 Å². The van der Waals surface area contributed by atoms with E-state index in [0.29, 0.717) is 9.90 Å². The summed E-state index contributed by atoms with van der Waals surface area (Å²) in [7, 11) is -3.77. The molecule has 1 aliphatic rings. The van der Waals surface area contributed by atoms with E-state index < -0.39 is 26.9 Å². The van der Waals surface area contributed by atoms with Gasteiger partial charge in [0.25, 0.3) is 0 Å². The van der Waals surface area contributed by atoms with Gasteiger partial charge in [-0.05, 0) is 48.6 Å². The molecule has 1 aromatic heterocycles. The third-order valence-corrected chi connectivity index (χ3v) is 7.43. The third kappa shape index (κ3) is 4.44. The standard InChI is InChI=1S/C17H17ClN2O4S2/c18-11-3-7-13(8-4-11)26(23,24)15(14-2-1-9-25-14)10-19-16(21)17(22)20-12-5-6-12/h1-4,7-9,12,15H,5-6,10H2,(H,19,21)(H,20,22). The Balaban J connectivity index is 1.78. The molecule has 0 saturated heterocycles. The van der Waals surface area contributed by atoms with Crippen LogP contribution in [0.5, 0.6) is 0 Å². The maximum Gasteiger partial charge on any atom is 0.309 e. The monoisotopic (exact) mass is 412 g/mol. The lowest BCUT2D eigenvalue weighted by atomic mass is 10.3. The summed E-state index contributed by atoms with van der Waals surface area (Å²) in [5, 5.41) is 6.23. The highest BCUT2D eigenvalue weighted by atomic mass is 35.5. The van der Waals surface area contributed by atoms with Crippen molar-refractivity contribution in [3.8, 4) is 0 Å². The van der Waals surface area contributed by atoms with Crippen molar-refractivity contribution < 1.29 is 18.0 Å². The van der Waals surface area contributed by atoms with Crippen LogP contribution in [-0.2, 0) is 19.4 Å². The Bertz CT molecular complexity index is 891. The van der Waals surface area contributed by atoms with Gasteiger partial charge in [0.1, 0.15) is 5.25 Å². The summed E-state index contributed by atoms with van der Waals surface area (Å²) in [6.07, 6.45) is 1.73. The van der Waals surface area contributed by atoms with Gasteiger partial charge in [0, 0.05) is 22.5 Å². The topological polar surface area (TPSA) is 92.3 Å². The maximum atomic E-state index is 13.0. The van der Waals surface area contributed by atoms with E-state index in [2.05, 4.69) is 10.6 Å². The molecule has 2 amide bonds. The Hall–Kier alpha value is -1.90. The van der Waals surface area contributed by atoms with Gasteiger partial charge in [0.05, 0.1) is 4.90 Å². The first-order chi connectivity index (χ1) is 12.4. The molecule has 0 bridgehead atoms. The van der Waals surface area contributed by atoms with Gasteiger partial charge >= 0.3 is 11.8 Å². The zero-order valence-electron chi connectivity index (χ0n) is 13.6. The normalized spacial score (nSPS) is 15.3. The van der Waals surface area contributed by atoms with Crippen LogP contribution in [0.4, 0.5) is 0 Å². The summed E-state index contributed by atoms with van der Waals surface area (Å²) < 4.78 is 26.0. The highest BCUT2D eigenvalue weighted by Crippen LogP contribution is 2.31. The number of rotatable bonds is 6. The van der Waals surface area contributed by atoms with Crippen molar-refractivity contribution in [2.45, 2.75) is 29.0 Å². The summed E-state index contributed by atoms with van der Waals surface area (Å²) in [5.41, 5.74) is 0. The van der Waals surface area contributed by atoms with Crippen molar-refractivity contribution in [2.75, 3.05) is 6.54 Å². The molecule has 0 radical (unpaired) electrons. The van der Waals surface area contributed by atoms with E-state index in [1.807, 2.05) is 0 Å². The number of hydrogen-bond acceptors (Lipinski definition) is 5. The number of hydrogen-bond donors (Lipinski definition) is 2. The first-order valence-corrected chi connectivity index (χ1v) is 10.8. The minimum Gasteiger partial charge on any atom is -0.346 e. The Kier molecular flexibility index (Phi) is 5.64. The molecule has 1 unspecified atom stereocenters. The summed E-state index contributed by atoms with van der Waals surface area (Å²) in [6, 6.07) is 9.35. The number of benzene rings is 1. The van der Waals surface area contributed by atoms with Gasteiger partial charge in [0.2, 0.25) is 0 Å². The number of carbonyl (C=O) groups is 2. The van der Waals surface area contributed by atoms with Crippen LogP contribution in [0.3, 0.4) is 0 Å². The minimum atomic E-state index is -3.77. The third-order valence-electron chi connectivity index (χ3n) is 3.94. The molecule has 9 heteroatoms. The fourth-order valence-corrected chi connectivity index (χ4v) is 5.28. The van der Waals surface area contributed by atoms with Crippen LogP contribution in [0.15, 0.2) is 46.7 Å². The zero-order chi connectivity index (χ0) is 18.7. The Morgan fingerprint density at radius 3 is 2.42 bits per heavy atom. The van der Waals surface area contributed by atoms with Crippen molar-refractivity contribution in [1.82, 2.24) is 10.6 Å². The molecule has 26 heavy (non-hydrogen) atoms. The molecule has 1 fully saturated rings. The lowest BCUT2D eigenvalue weighted by molar-refractivity contribution is -0.139. The van der Waals surface area contributed by atoms with Crippen LogP contribution >= 0.6 is 22.9 Å². The SMILES string of the molecule is O=C(NCC(c1cccs1)S(=O)(=O)c1ccc(Cl)cc1)C(=O)NC1CC1. The molecule has 1 saturated carbocycles. The largest absolute Gasteiger partial charge is 0.346 e. The Morgan fingerprint density at radius 2 is 1.85 bits per heavy atom. The van der Waals surface area contributed by atoms with E-state index in [4.69, 9.17) is 11.6 Å². The van der Waals surface area contributed by atoms with E-state index >= 15 is 0 Å². The number of carbonyl (C=O) groups excluding carboxylic acids is 2. The number of thiophene rings is 1. The number of halogens is 1. The van der Waals surface area contributed by atoms with Gasteiger partial charge in [-0.25, -0.2) is 8.42 Å². The lowest BCUT2D eigenvalue weighted by Gasteiger charge is -2.17. The highest BCUT2D eigenvalue weighted by molar-refractivity contribution is 7.91. The van der Waals surface area contributed by atoms with Gasteiger partial charge in [-0.1, -0.05) is 17.7 Å². The molecule has 6 nitrogen and oxygen atoms in total. The van der Waals surface area contributed by atoms with Gasteiger partial charge in [-0.2, -0.15) is 0 Å². The van der Waals surface area contributed by atoms with Crippen LogP contribution in [0.25, 0.3) is 0 Å². The smallest absolute Gasteiger partial charge is 0.309 e. The van der Waals surface area contributed by atoms with Crippen molar-refractivity contribution in [1.29, 1.82) is 0 Å². The van der Waals surface area contributed by atoms with E-state index in [1.54, 1.807) is 17.5 Å². The first-order valence-electron chi connectivity index (χ1n) is 7.99. The quantitative estimate of drug-likeness (QED) is 0.712. The summed E-state index contributed by atoms with van der Waals surface area (Å²) in [4.78, 5) is 24.4. The highest BCUT2D eigenvalue weighted by Gasteiger charge is 2.32. The average molecular weight is 413 g/mol. The second kappa shape index (κ2) is 7.77. The molecule has 0 spiro atoms. The van der Waals surface area contributed by atoms with Crippen molar-refractivity contribution in [3.05, 3.63) is 51.7 Å². The van der Waals surface area contributed by atoms with Gasteiger partial charge in [0.15, 0.2) is 9.84 Å². The average Bonchev–Trinajstić information content (AvgIpc) is 3.26. The van der Waals surface area contributed by atoms with E-state index in [0.717, 1.165) is 12.8 Å². The molecule has 2 N–H and O–H groups in total. The molecule has 2 aromatic rings. The summed E-state index contributed by atoms with van der Waals surface area (Å²) in [6.45, 7) is -0.192. The predicted molar refractivity (Wildman–Crippen MR) is 99.9 cm³/mol. The summed E-state index contributed by atoms with van der Waals surface area (Å²) in [5.74, 6) is -1.56. The van der Waals surface area contributed by atoms with Crippen LogP contribution in [0.2, 0.25) is 5.02 Å². The number of sulfone groups is 1. The van der Waals surface area contributed by atoms with Crippen molar-refractivity contribution in [3.63, 3.8) is 0 Å². The first kappa shape index (κ1) is 18.9. The molecule has 0 aliphatic heterocycles. The van der Waals surface area contributed by atoms with Gasteiger partial charge < -0.3 is 10.6 Å². The minimum absolute atomic E-state index is 0.0548.